The van der Waals surface area contributed by atoms with Gasteiger partial charge in [0.15, 0.2) is 5.82 Å². The average Bonchev–Trinajstić information content (AvgIpc) is 2.46. The molecule has 1 aromatic carbocycles. The third-order valence-corrected chi connectivity index (χ3v) is 3.50. The van der Waals surface area contributed by atoms with Crippen LogP contribution in [0.3, 0.4) is 0 Å². The first kappa shape index (κ1) is 13.8. The van der Waals surface area contributed by atoms with Gasteiger partial charge in [-0.05, 0) is 12.0 Å². The molecule has 3 nitrogen and oxygen atoms in total. The summed E-state index contributed by atoms with van der Waals surface area (Å²) in [6.45, 7) is 2.84. The fourth-order valence-electron chi connectivity index (χ4n) is 1.50. The number of thioether (sulfide) groups is 1. The van der Waals surface area contributed by atoms with Crippen LogP contribution in [0.1, 0.15) is 18.9 Å². The molecule has 0 spiro atoms. The molecule has 0 aliphatic rings. The standard InChI is InChI=1S/C14H16FN3S/c1-2-8-16-14-17-9-12(15)13(18-14)19-10-11-6-4-3-5-7-11/h3-7,9H,2,8,10H2,1H3,(H,16,17,18). The van der Waals surface area contributed by atoms with E-state index in [-0.39, 0.29) is 5.82 Å². The lowest BCUT2D eigenvalue weighted by atomic mass is 10.2. The second-order valence-corrected chi connectivity index (χ2v) is 5.01. The number of hydrogen-bond acceptors (Lipinski definition) is 4. The maximum absolute atomic E-state index is 13.6. The van der Waals surface area contributed by atoms with Crippen LogP contribution in [0.25, 0.3) is 0 Å². The SMILES string of the molecule is CCCNc1ncc(F)c(SCc2ccccc2)n1. The van der Waals surface area contributed by atoms with E-state index in [0.717, 1.165) is 18.5 Å². The van der Waals surface area contributed by atoms with E-state index in [0.29, 0.717) is 16.7 Å². The van der Waals surface area contributed by atoms with Crippen molar-refractivity contribution in [3.05, 3.63) is 47.9 Å². The van der Waals surface area contributed by atoms with Gasteiger partial charge in [0, 0.05) is 12.3 Å². The van der Waals surface area contributed by atoms with Crippen LogP contribution >= 0.6 is 11.8 Å². The highest BCUT2D eigenvalue weighted by molar-refractivity contribution is 7.98. The van der Waals surface area contributed by atoms with E-state index >= 15 is 0 Å². The Morgan fingerprint density at radius 1 is 1.26 bits per heavy atom. The first-order valence-electron chi connectivity index (χ1n) is 6.22. The summed E-state index contributed by atoms with van der Waals surface area (Å²) in [7, 11) is 0. The summed E-state index contributed by atoms with van der Waals surface area (Å²) < 4.78 is 13.6. The van der Waals surface area contributed by atoms with Crippen molar-refractivity contribution in [1.82, 2.24) is 9.97 Å². The lowest BCUT2D eigenvalue weighted by Crippen LogP contribution is -2.05. The van der Waals surface area contributed by atoms with Crippen molar-refractivity contribution >= 4 is 17.7 Å². The number of rotatable bonds is 6. The molecule has 100 valence electrons. The second kappa shape index (κ2) is 7.09. The van der Waals surface area contributed by atoms with Crippen molar-refractivity contribution in [2.75, 3.05) is 11.9 Å². The average molecular weight is 277 g/mol. The van der Waals surface area contributed by atoms with Crippen molar-refractivity contribution < 1.29 is 4.39 Å². The molecule has 19 heavy (non-hydrogen) atoms. The lowest BCUT2D eigenvalue weighted by molar-refractivity contribution is 0.579. The maximum atomic E-state index is 13.6. The normalized spacial score (nSPS) is 10.4. The molecule has 0 aliphatic heterocycles. The van der Waals surface area contributed by atoms with Crippen molar-refractivity contribution in [2.24, 2.45) is 0 Å². The zero-order valence-corrected chi connectivity index (χ0v) is 11.6. The summed E-state index contributed by atoms with van der Waals surface area (Å²) in [5.74, 6) is 0.809. The smallest absolute Gasteiger partial charge is 0.223 e. The third kappa shape index (κ3) is 4.21. The highest BCUT2D eigenvalue weighted by Gasteiger charge is 2.07. The van der Waals surface area contributed by atoms with Crippen LogP contribution in [-0.4, -0.2) is 16.5 Å². The predicted octanol–water partition coefficient (Wildman–Crippen LogP) is 3.73. The first-order chi connectivity index (χ1) is 9.29. The summed E-state index contributed by atoms with van der Waals surface area (Å²) in [5.41, 5.74) is 1.15. The van der Waals surface area contributed by atoms with Gasteiger partial charge in [-0.15, -0.1) is 0 Å². The van der Waals surface area contributed by atoms with Gasteiger partial charge in [-0.1, -0.05) is 49.0 Å². The number of benzene rings is 1. The van der Waals surface area contributed by atoms with Gasteiger partial charge in [-0.2, -0.15) is 0 Å². The van der Waals surface area contributed by atoms with Crippen LogP contribution in [0, 0.1) is 5.82 Å². The van der Waals surface area contributed by atoms with Crippen LogP contribution in [0.5, 0.6) is 0 Å². The molecule has 0 aliphatic carbocycles. The molecule has 2 rings (SSSR count). The largest absolute Gasteiger partial charge is 0.354 e. The molecule has 0 saturated heterocycles. The molecular formula is C14H16FN3S. The summed E-state index contributed by atoms with van der Waals surface area (Å²) >= 11 is 1.38. The highest BCUT2D eigenvalue weighted by atomic mass is 32.2. The van der Waals surface area contributed by atoms with E-state index in [4.69, 9.17) is 0 Å². The zero-order chi connectivity index (χ0) is 13.5. The van der Waals surface area contributed by atoms with E-state index in [1.807, 2.05) is 30.3 Å². The Morgan fingerprint density at radius 2 is 2.05 bits per heavy atom. The van der Waals surface area contributed by atoms with Crippen LogP contribution < -0.4 is 5.32 Å². The lowest BCUT2D eigenvalue weighted by Gasteiger charge is -2.06. The Bertz CT molecular complexity index is 519. The molecule has 0 radical (unpaired) electrons. The van der Waals surface area contributed by atoms with E-state index in [2.05, 4.69) is 22.2 Å². The molecule has 5 heteroatoms. The van der Waals surface area contributed by atoms with Crippen LogP contribution in [0.15, 0.2) is 41.6 Å². The topological polar surface area (TPSA) is 37.8 Å². The molecule has 0 saturated carbocycles. The summed E-state index contributed by atoms with van der Waals surface area (Å²) in [6.07, 6.45) is 2.20. The van der Waals surface area contributed by atoms with Gasteiger partial charge >= 0.3 is 0 Å². The molecular weight excluding hydrogens is 261 g/mol. The van der Waals surface area contributed by atoms with Gasteiger partial charge in [0.1, 0.15) is 5.03 Å². The quantitative estimate of drug-likeness (QED) is 0.645. The molecule has 0 atom stereocenters. The maximum Gasteiger partial charge on any atom is 0.223 e. The zero-order valence-electron chi connectivity index (χ0n) is 10.8. The van der Waals surface area contributed by atoms with Crippen molar-refractivity contribution in [1.29, 1.82) is 0 Å². The Hall–Kier alpha value is -1.62. The van der Waals surface area contributed by atoms with Gasteiger partial charge in [0.25, 0.3) is 0 Å². The Balaban J connectivity index is 2.02. The number of hydrogen-bond donors (Lipinski definition) is 1. The number of nitrogens with zero attached hydrogens (tertiary/aromatic N) is 2. The van der Waals surface area contributed by atoms with Crippen LogP contribution in [0.2, 0.25) is 0 Å². The minimum absolute atomic E-state index is 0.372. The molecule has 1 N–H and O–H groups in total. The number of halogens is 1. The molecule has 1 heterocycles. The van der Waals surface area contributed by atoms with Crippen molar-refractivity contribution in [2.45, 2.75) is 24.1 Å². The fraction of sp³-hybridized carbons (Fsp3) is 0.286. The second-order valence-electron chi connectivity index (χ2n) is 4.05. The first-order valence-corrected chi connectivity index (χ1v) is 7.21. The fourth-order valence-corrected chi connectivity index (χ4v) is 2.34. The number of nitrogens with one attached hydrogen (secondary N) is 1. The monoisotopic (exact) mass is 277 g/mol. The van der Waals surface area contributed by atoms with Gasteiger partial charge in [0.05, 0.1) is 6.20 Å². The molecule has 0 amide bonds. The number of aromatic nitrogens is 2. The van der Waals surface area contributed by atoms with Gasteiger partial charge in [0.2, 0.25) is 5.95 Å². The van der Waals surface area contributed by atoms with Gasteiger partial charge < -0.3 is 5.32 Å². The summed E-state index contributed by atoms with van der Waals surface area (Å²) in [4.78, 5) is 8.11. The molecule has 2 aromatic rings. The van der Waals surface area contributed by atoms with Crippen LogP contribution in [0.4, 0.5) is 10.3 Å². The molecule has 0 bridgehead atoms. The van der Waals surface area contributed by atoms with E-state index in [1.54, 1.807) is 0 Å². The van der Waals surface area contributed by atoms with E-state index in [1.165, 1.54) is 18.0 Å². The van der Waals surface area contributed by atoms with E-state index in [9.17, 15) is 4.39 Å². The van der Waals surface area contributed by atoms with Crippen LogP contribution in [-0.2, 0) is 5.75 Å². The Labute approximate surface area is 116 Å². The minimum Gasteiger partial charge on any atom is -0.354 e. The Kier molecular flexibility index (Phi) is 5.15. The van der Waals surface area contributed by atoms with Gasteiger partial charge in [-0.3, -0.25) is 0 Å². The molecule has 0 fully saturated rings. The van der Waals surface area contributed by atoms with Crippen molar-refractivity contribution in [3.63, 3.8) is 0 Å². The Morgan fingerprint density at radius 3 is 2.79 bits per heavy atom. The van der Waals surface area contributed by atoms with Gasteiger partial charge in [-0.25, -0.2) is 14.4 Å². The third-order valence-electron chi connectivity index (χ3n) is 2.46. The summed E-state index contributed by atoms with van der Waals surface area (Å²) in [6, 6.07) is 9.94. The van der Waals surface area contributed by atoms with Crippen molar-refractivity contribution in [3.8, 4) is 0 Å². The van der Waals surface area contributed by atoms with E-state index < -0.39 is 0 Å². The number of anilines is 1. The predicted molar refractivity (Wildman–Crippen MR) is 76.8 cm³/mol. The summed E-state index contributed by atoms with van der Waals surface area (Å²) in [5, 5.41) is 3.44. The molecule has 0 unspecified atom stereocenters. The minimum atomic E-state index is -0.372. The molecule has 1 aromatic heterocycles. The highest BCUT2D eigenvalue weighted by Crippen LogP contribution is 2.23.